The van der Waals surface area contributed by atoms with E-state index in [4.69, 9.17) is 0 Å². The molecule has 2 aliphatic rings. The number of fused-ring (bicyclic) bond motifs is 1. The third-order valence-electron chi connectivity index (χ3n) is 4.17. The molecule has 1 aliphatic carbocycles. The predicted molar refractivity (Wildman–Crippen MR) is 77.3 cm³/mol. The number of aromatic nitrogens is 1. The Morgan fingerprint density at radius 2 is 2.20 bits per heavy atom. The summed E-state index contributed by atoms with van der Waals surface area (Å²) in [5, 5.41) is 12.6. The van der Waals surface area contributed by atoms with Crippen LogP contribution in [0.15, 0.2) is 6.07 Å². The van der Waals surface area contributed by atoms with Crippen LogP contribution >= 0.6 is 0 Å². The Kier molecular flexibility index (Phi) is 3.61. The molecule has 108 valence electrons. The second kappa shape index (κ2) is 5.40. The molecule has 0 saturated heterocycles. The van der Waals surface area contributed by atoms with Crippen molar-refractivity contribution in [1.29, 1.82) is 0 Å². The van der Waals surface area contributed by atoms with Crippen LogP contribution < -0.4 is 5.32 Å². The van der Waals surface area contributed by atoms with Crippen LogP contribution in [0.3, 0.4) is 0 Å². The van der Waals surface area contributed by atoms with E-state index in [1.54, 1.807) is 0 Å². The minimum atomic E-state index is -0.892. The van der Waals surface area contributed by atoms with Crippen molar-refractivity contribution in [2.45, 2.75) is 25.7 Å². The molecule has 20 heavy (non-hydrogen) atoms. The lowest BCUT2D eigenvalue weighted by molar-refractivity contribution is 0.0697. The molecule has 1 aromatic heterocycles. The average Bonchev–Trinajstić information content (AvgIpc) is 3.24. The molecule has 1 aliphatic heterocycles. The maximum atomic E-state index is 11.4. The molecule has 2 N–H and O–H groups in total. The number of anilines is 1. The molecule has 5 nitrogen and oxygen atoms in total. The normalized spacial score (nSPS) is 19.2. The van der Waals surface area contributed by atoms with E-state index >= 15 is 0 Å². The molecule has 0 atom stereocenters. The van der Waals surface area contributed by atoms with Gasteiger partial charge in [-0.05, 0) is 43.9 Å². The number of nitrogens with one attached hydrogen (secondary N) is 1. The zero-order chi connectivity index (χ0) is 14.1. The molecule has 3 rings (SSSR count). The van der Waals surface area contributed by atoms with Gasteiger partial charge in [0.15, 0.2) is 0 Å². The fourth-order valence-corrected chi connectivity index (χ4v) is 2.61. The van der Waals surface area contributed by atoms with Crippen LogP contribution in [0.5, 0.6) is 0 Å². The number of pyridine rings is 1. The number of hydrogen-bond donors (Lipinski definition) is 2. The number of carboxylic acids is 1. The highest BCUT2D eigenvalue weighted by Crippen LogP contribution is 2.29. The van der Waals surface area contributed by atoms with Gasteiger partial charge in [-0.3, -0.25) is 0 Å². The van der Waals surface area contributed by atoms with E-state index in [0.717, 1.165) is 43.7 Å². The van der Waals surface area contributed by atoms with Gasteiger partial charge >= 0.3 is 5.97 Å². The van der Waals surface area contributed by atoms with Crippen LogP contribution in [0, 0.1) is 5.92 Å². The van der Waals surface area contributed by atoms with Gasteiger partial charge in [-0.2, -0.15) is 0 Å². The van der Waals surface area contributed by atoms with Crippen molar-refractivity contribution in [2.75, 3.05) is 32.0 Å². The molecule has 0 unspecified atom stereocenters. The summed E-state index contributed by atoms with van der Waals surface area (Å²) in [5.74, 6) is 0.354. The van der Waals surface area contributed by atoms with Crippen LogP contribution in [0.2, 0.25) is 0 Å². The maximum Gasteiger partial charge on any atom is 0.339 e. The number of likely N-dealkylation sites (N-methyl/N-ethyl adjacent to an activating group) is 1. The third-order valence-corrected chi connectivity index (χ3v) is 4.17. The summed E-state index contributed by atoms with van der Waals surface area (Å²) >= 11 is 0. The van der Waals surface area contributed by atoms with Gasteiger partial charge in [-0.25, -0.2) is 9.78 Å². The van der Waals surface area contributed by atoms with E-state index in [9.17, 15) is 9.90 Å². The minimum Gasteiger partial charge on any atom is -0.478 e. The SMILES string of the molecule is CN1CCc2cc(C(=O)O)c(NCC3CC3)nc2CC1. The summed E-state index contributed by atoms with van der Waals surface area (Å²) in [6, 6.07) is 1.82. The molecule has 1 fully saturated rings. The Morgan fingerprint density at radius 3 is 2.90 bits per heavy atom. The smallest absolute Gasteiger partial charge is 0.339 e. The van der Waals surface area contributed by atoms with Gasteiger partial charge in [0.1, 0.15) is 11.4 Å². The number of hydrogen-bond acceptors (Lipinski definition) is 4. The van der Waals surface area contributed by atoms with Crippen LogP contribution in [-0.4, -0.2) is 47.6 Å². The molecule has 0 spiro atoms. The van der Waals surface area contributed by atoms with Gasteiger partial charge in [0, 0.05) is 31.7 Å². The highest BCUT2D eigenvalue weighted by Gasteiger charge is 2.23. The lowest BCUT2D eigenvalue weighted by Gasteiger charge is -2.12. The largest absolute Gasteiger partial charge is 0.478 e. The van der Waals surface area contributed by atoms with E-state index in [-0.39, 0.29) is 0 Å². The average molecular weight is 275 g/mol. The van der Waals surface area contributed by atoms with Crippen LogP contribution in [0.1, 0.15) is 34.5 Å². The highest BCUT2D eigenvalue weighted by atomic mass is 16.4. The summed E-state index contributed by atoms with van der Waals surface area (Å²) in [4.78, 5) is 18.3. The van der Waals surface area contributed by atoms with Crippen molar-refractivity contribution in [1.82, 2.24) is 9.88 Å². The summed E-state index contributed by atoms with van der Waals surface area (Å²) in [5.41, 5.74) is 2.45. The van der Waals surface area contributed by atoms with Crippen molar-refractivity contribution < 1.29 is 9.90 Å². The molecule has 0 bridgehead atoms. The van der Waals surface area contributed by atoms with Crippen LogP contribution in [-0.2, 0) is 12.8 Å². The maximum absolute atomic E-state index is 11.4. The van der Waals surface area contributed by atoms with Crippen molar-refractivity contribution in [3.8, 4) is 0 Å². The molecule has 0 aromatic carbocycles. The Labute approximate surface area is 119 Å². The monoisotopic (exact) mass is 275 g/mol. The standard InChI is InChI=1S/C15H21N3O2/c1-18-6-4-11-8-12(15(19)20)14(16-9-10-2-3-10)17-13(11)5-7-18/h8,10H,2-7,9H2,1H3,(H,16,17)(H,19,20). The van der Waals surface area contributed by atoms with Gasteiger partial charge in [-0.15, -0.1) is 0 Å². The Morgan fingerprint density at radius 1 is 1.45 bits per heavy atom. The first-order valence-electron chi connectivity index (χ1n) is 7.32. The minimum absolute atomic E-state index is 0.314. The Bertz CT molecular complexity index is 526. The summed E-state index contributed by atoms with van der Waals surface area (Å²) in [6.07, 6.45) is 4.25. The number of rotatable bonds is 4. The number of carbonyl (C=O) groups is 1. The van der Waals surface area contributed by atoms with Crippen molar-refractivity contribution in [3.63, 3.8) is 0 Å². The van der Waals surface area contributed by atoms with Crippen LogP contribution in [0.25, 0.3) is 0 Å². The van der Waals surface area contributed by atoms with Gasteiger partial charge in [0.05, 0.1) is 0 Å². The molecule has 5 heteroatoms. The molecule has 1 aromatic rings. The lowest BCUT2D eigenvalue weighted by Crippen LogP contribution is -2.20. The van der Waals surface area contributed by atoms with E-state index in [1.807, 2.05) is 6.07 Å². The lowest BCUT2D eigenvalue weighted by atomic mass is 10.1. The van der Waals surface area contributed by atoms with Gasteiger partial charge in [-0.1, -0.05) is 0 Å². The first kappa shape index (κ1) is 13.4. The van der Waals surface area contributed by atoms with Crippen molar-refractivity contribution in [3.05, 3.63) is 22.9 Å². The number of carboxylic acid groups (broad SMARTS) is 1. The number of nitrogens with zero attached hydrogens (tertiary/aromatic N) is 2. The molecular weight excluding hydrogens is 254 g/mol. The van der Waals surface area contributed by atoms with E-state index in [0.29, 0.717) is 17.3 Å². The van der Waals surface area contributed by atoms with Gasteiger partial charge in [0.2, 0.25) is 0 Å². The topological polar surface area (TPSA) is 65.5 Å². The Hall–Kier alpha value is -1.62. The van der Waals surface area contributed by atoms with Crippen molar-refractivity contribution in [2.24, 2.45) is 5.92 Å². The van der Waals surface area contributed by atoms with Crippen LogP contribution in [0.4, 0.5) is 5.82 Å². The molecule has 2 heterocycles. The summed E-state index contributed by atoms with van der Waals surface area (Å²) < 4.78 is 0. The van der Waals surface area contributed by atoms with Gasteiger partial charge in [0.25, 0.3) is 0 Å². The van der Waals surface area contributed by atoms with E-state index in [2.05, 4.69) is 22.2 Å². The molecule has 0 radical (unpaired) electrons. The van der Waals surface area contributed by atoms with E-state index in [1.165, 1.54) is 12.8 Å². The second-order valence-electron chi connectivity index (χ2n) is 5.92. The zero-order valence-corrected chi connectivity index (χ0v) is 11.9. The zero-order valence-electron chi connectivity index (χ0n) is 11.9. The second-order valence-corrected chi connectivity index (χ2v) is 5.92. The van der Waals surface area contributed by atoms with E-state index < -0.39 is 5.97 Å². The molecule has 0 amide bonds. The molecular formula is C15H21N3O2. The predicted octanol–water partition coefficient (Wildman–Crippen LogP) is 1.63. The van der Waals surface area contributed by atoms with Gasteiger partial charge < -0.3 is 15.3 Å². The fraction of sp³-hybridized carbons (Fsp3) is 0.600. The quantitative estimate of drug-likeness (QED) is 0.874. The first-order valence-corrected chi connectivity index (χ1v) is 7.32. The fourth-order valence-electron chi connectivity index (χ4n) is 2.61. The Balaban J connectivity index is 1.89. The highest BCUT2D eigenvalue weighted by molar-refractivity contribution is 5.93. The number of aromatic carboxylic acids is 1. The molecule has 1 saturated carbocycles. The summed E-state index contributed by atoms with van der Waals surface area (Å²) in [6.45, 7) is 2.78. The summed E-state index contributed by atoms with van der Waals surface area (Å²) in [7, 11) is 2.09. The first-order chi connectivity index (χ1) is 9.63. The third kappa shape index (κ3) is 2.93. The van der Waals surface area contributed by atoms with Crippen molar-refractivity contribution >= 4 is 11.8 Å².